The summed E-state index contributed by atoms with van der Waals surface area (Å²) >= 11 is 1.48. The maximum absolute atomic E-state index is 13.6. The lowest BCUT2D eigenvalue weighted by molar-refractivity contribution is -0.124. The number of thioether (sulfide) groups is 1. The van der Waals surface area contributed by atoms with Crippen molar-refractivity contribution in [1.29, 1.82) is 0 Å². The predicted molar refractivity (Wildman–Crippen MR) is 139 cm³/mol. The van der Waals surface area contributed by atoms with Gasteiger partial charge in [-0.15, -0.1) is 0 Å². The van der Waals surface area contributed by atoms with E-state index >= 15 is 0 Å². The van der Waals surface area contributed by atoms with Gasteiger partial charge in [0.25, 0.3) is 5.91 Å². The molecule has 1 aromatic heterocycles. The Hall–Kier alpha value is -2.80. The molecule has 2 aliphatic carbocycles. The quantitative estimate of drug-likeness (QED) is 0.460. The van der Waals surface area contributed by atoms with E-state index in [2.05, 4.69) is 0 Å². The lowest BCUT2D eigenvalue weighted by atomic mass is 9.94. The van der Waals surface area contributed by atoms with Crippen LogP contribution in [0, 0.1) is 6.92 Å². The van der Waals surface area contributed by atoms with Crippen LogP contribution in [0.2, 0.25) is 0 Å². The van der Waals surface area contributed by atoms with E-state index in [1.165, 1.54) is 37.4 Å². The van der Waals surface area contributed by atoms with Gasteiger partial charge in [0.15, 0.2) is 5.17 Å². The minimum absolute atomic E-state index is 0.0383. The molecule has 3 fully saturated rings. The Morgan fingerprint density at radius 1 is 1.06 bits per heavy atom. The highest BCUT2D eigenvalue weighted by atomic mass is 32.2. The zero-order valence-corrected chi connectivity index (χ0v) is 21.0. The van der Waals surface area contributed by atoms with Gasteiger partial charge in [-0.05, 0) is 74.2 Å². The van der Waals surface area contributed by atoms with Crippen LogP contribution >= 0.6 is 11.8 Å². The van der Waals surface area contributed by atoms with Crippen molar-refractivity contribution in [2.24, 2.45) is 4.99 Å². The number of aliphatic imine (C=N–C) groups is 1. The summed E-state index contributed by atoms with van der Waals surface area (Å²) in [7, 11) is 0. The van der Waals surface area contributed by atoms with Gasteiger partial charge in [0.2, 0.25) is 0 Å². The van der Waals surface area contributed by atoms with Crippen LogP contribution in [0.1, 0.15) is 85.9 Å². The molecule has 2 saturated carbocycles. The Labute approximate surface area is 210 Å². The summed E-state index contributed by atoms with van der Waals surface area (Å²) in [5, 5.41) is 10.1. The highest BCUT2D eigenvalue weighted by Crippen LogP contribution is 2.39. The first-order valence-electron chi connectivity index (χ1n) is 12.7. The highest BCUT2D eigenvalue weighted by molar-refractivity contribution is 8.18. The average molecular weight is 493 g/mol. The van der Waals surface area contributed by atoms with Crippen LogP contribution in [0.5, 0.6) is 0 Å². The second-order valence-electron chi connectivity index (χ2n) is 9.82. The normalized spacial score (nSPS) is 22.4. The minimum Gasteiger partial charge on any atom is -0.478 e. The van der Waals surface area contributed by atoms with E-state index in [9.17, 15) is 14.7 Å². The average Bonchev–Trinajstić information content (AvgIpc) is 3.44. The van der Waals surface area contributed by atoms with Crippen molar-refractivity contribution in [3.63, 3.8) is 0 Å². The molecule has 0 radical (unpaired) electrons. The number of carbonyl (C=O) groups is 2. The fourth-order valence-electron chi connectivity index (χ4n) is 5.38. The van der Waals surface area contributed by atoms with Gasteiger partial charge >= 0.3 is 5.97 Å². The number of nitrogens with zero attached hydrogens (tertiary/aromatic N) is 2. The summed E-state index contributed by atoms with van der Waals surface area (Å²) in [4.78, 5) is 32.5. The van der Waals surface area contributed by atoms with Crippen molar-refractivity contribution >= 4 is 34.9 Å². The van der Waals surface area contributed by atoms with Crippen LogP contribution in [0.25, 0.3) is 17.4 Å². The number of aryl methyl sites for hydroxylation is 1. The molecule has 6 nitrogen and oxygen atoms in total. The number of carboxylic acid groups (broad SMARTS) is 1. The van der Waals surface area contributed by atoms with Crippen LogP contribution in [0.4, 0.5) is 0 Å². The molecule has 0 bridgehead atoms. The van der Waals surface area contributed by atoms with Gasteiger partial charge in [0.05, 0.1) is 16.5 Å². The van der Waals surface area contributed by atoms with Gasteiger partial charge in [-0.25, -0.2) is 4.79 Å². The van der Waals surface area contributed by atoms with Crippen LogP contribution < -0.4 is 0 Å². The largest absolute Gasteiger partial charge is 0.478 e. The van der Waals surface area contributed by atoms with Crippen molar-refractivity contribution in [1.82, 2.24) is 4.90 Å². The third-order valence-electron chi connectivity index (χ3n) is 7.28. The molecule has 3 aliphatic rings. The van der Waals surface area contributed by atoms with Gasteiger partial charge in [-0.1, -0.05) is 44.6 Å². The van der Waals surface area contributed by atoms with E-state index in [1.54, 1.807) is 18.2 Å². The number of amides is 1. The molecule has 1 aliphatic heterocycles. The van der Waals surface area contributed by atoms with Gasteiger partial charge in [-0.2, -0.15) is 0 Å². The Morgan fingerprint density at radius 2 is 1.77 bits per heavy atom. The fourth-order valence-corrected chi connectivity index (χ4v) is 6.47. The molecule has 0 atom stereocenters. The lowest BCUT2D eigenvalue weighted by Crippen LogP contribution is -2.41. The van der Waals surface area contributed by atoms with Gasteiger partial charge in [-0.3, -0.25) is 14.7 Å². The van der Waals surface area contributed by atoms with Gasteiger partial charge < -0.3 is 9.52 Å². The standard InChI is InChI=1S/C28H32N2O4S/c1-18-16-19(27(32)33)12-14-23(18)24-15-13-22(34-24)17-25-26(31)30(21-10-6-3-7-11-21)28(35-25)29-20-8-4-2-5-9-20/h12-17,20-21H,2-11H2,1H3,(H,32,33). The SMILES string of the molecule is Cc1cc(C(=O)O)ccc1-c1ccc(C=C2SC(=NC3CCCCC3)N(C3CCCCC3)C2=O)o1. The molecule has 0 spiro atoms. The molecule has 7 heteroatoms. The van der Waals surface area contributed by atoms with Crippen molar-refractivity contribution in [3.8, 4) is 11.3 Å². The number of rotatable bonds is 5. The minimum atomic E-state index is -0.950. The number of furan rings is 1. The van der Waals surface area contributed by atoms with E-state index < -0.39 is 5.97 Å². The van der Waals surface area contributed by atoms with Gasteiger partial charge in [0.1, 0.15) is 11.5 Å². The first kappa shape index (κ1) is 23.9. The molecular weight excluding hydrogens is 460 g/mol. The lowest BCUT2D eigenvalue weighted by Gasteiger charge is -2.31. The molecule has 2 heterocycles. The Bertz CT molecular complexity index is 1170. The van der Waals surface area contributed by atoms with Crippen molar-refractivity contribution in [3.05, 3.63) is 52.1 Å². The van der Waals surface area contributed by atoms with Crippen molar-refractivity contribution in [2.75, 3.05) is 0 Å². The second kappa shape index (κ2) is 10.4. The van der Waals surface area contributed by atoms with Gasteiger partial charge in [0, 0.05) is 17.7 Å². The Morgan fingerprint density at radius 3 is 2.46 bits per heavy atom. The molecule has 184 valence electrons. The van der Waals surface area contributed by atoms with E-state index in [0.29, 0.717) is 22.5 Å². The third kappa shape index (κ3) is 5.25. The van der Waals surface area contributed by atoms with Crippen LogP contribution in [0.15, 0.2) is 44.6 Å². The zero-order valence-electron chi connectivity index (χ0n) is 20.2. The van der Waals surface area contributed by atoms with Crippen LogP contribution in [-0.4, -0.2) is 39.1 Å². The van der Waals surface area contributed by atoms with Crippen molar-refractivity contribution < 1.29 is 19.1 Å². The van der Waals surface area contributed by atoms with E-state index in [4.69, 9.17) is 9.41 Å². The molecule has 1 amide bonds. The van der Waals surface area contributed by atoms with Crippen molar-refractivity contribution in [2.45, 2.75) is 83.2 Å². The number of carbonyl (C=O) groups excluding carboxylic acids is 1. The summed E-state index contributed by atoms with van der Waals surface area (Å²) in [6.45, 7) is 1.87. The summed E-state index contributed by atoms with van der Waals surface area (Å²) in [5.74, 6) is 0.355. The first-order chi connectivity index (χ1) is 17.0. The summed E-state index contributed by atoms with van der Waals surface area (Å²) in [5.41, 5.74) is 1.92. The molecule has 2 aromatic rings. The molecule has 1 saturated heterocycles. The van der Waals surface area contributed by atoms with Crippen LogP contribution in [0.3, 0.4) is 0 Å². The monoisotopic (exact) mass is 492 g/mol. The molecular formula is C28H32N2O4S. The summed E-state index contributed by atoms with van der Waals surface area (Å²) in [6.07, 6.45) is 13.4. The first-order valence-corrected chi connectivity index (χ1v) is 13.6. The molecule has 1 N–H and O–H groups in total. The number of aromatic carboxylic acids is 1. The summed E-state index contributed by atoms with van der Waals surface area (Å²) < 4.78 is 6.08. The Balaban J connectivity index is 1.41. The molecule has 5 rings (SSSR count). The zero-order chi connectivity index (χ0) is 24.4. The van der Waals surface area contributed by atoms with E-state index in [0.717, 1.165) is 54.8 Å². The third-order valence-corrected chi connectivity index (χ3v) is 8.28. The number of carboxylic acids is 1. The van der Waals surface area contributed by atoms with E-state index in [1.807, 2.05) is 30.0 Å². The molecule has 1 aromatic carbocycles. The Kier molecular flexibility index (Phi) is 7.14. The topological polar surface area (TPSA) is 83.1 Å². The molecule has 0 unspecified atom stereocenters. The number of benzene rings is 1. The maximum Gasteiger partial charge on any atom is 0.335 e. The summed E-state index contributed by atoms with van der Waals surface area (Å²) in [6, 6.07) is 9.28. The second-order valence-corrected chi connectivity index (χ2v) is 10.8. The maximum atomic E-state index is 13.6. The molecule has 35 heavy (non-hydrogen) atoms. The van der Waals surface area contributed by atoms with Crippen LogP contribution in [-0.2, 0) is 4.79 Å². The van der Waals surface area contributed by atoms with E-state index in [-0.39, 0.29) is 17.5 Å². The smallest absolute Gasteiger partial charge is 0.335 e. The number of hydrogen-bond donors (Lipinski definition) is 1. The number of amidine groups is 1. The highest BCUT2D eigenvalue weighted by Gasteiger charge is 2.39. The fraction of sp³-hybridized carbons (Fsp3) is 0.464. The number of hydrogen-bond acceptors (Lipinski definition) is 5. The predicted octanol–water partition coefficient (Wildman–Crippen LogP) is 6.89.